The summed E-state index contributed by atoms with van der Waals surface area (Å²) < 4.78 is 0. The second-order valence-corrected chi connectivity index (χ2v) is 6.66. The Hall–Kier alpha value is -1.69. The average molecular weight is 330 g/mol. The molecule has 2 aromatic rings. The molecular weight excluding hydrogens is 308 g/mol. The largest absolute Gasteiger partial charge is 0.387 e. The zero-order valence-electron chi connectivity index (χ0n) is 13.1. The minimum absolute atomic E-state index is 0.122. The van der Waals surface area contributed by atoms with Crippen molar-refractivity contribution in [1.82, 2.24) is 9.80 Å². The summed E-state index contributed by atoms with van der Waals surface area (Å²) in [5.74, 6) is 0.122. The maximum Gasteiger partial charge on any atom is 0.254 e. The Kier molecular flexibility index (Phi) is 5.43. The number of aliphatic hydroxyl groups is 1. The lowest BCUT2D eigenvalue weighted by Gasteiger charge is -2.24. The number of benzene rings is 1. The lowest BCUT2D eigenvalue weighted by atomic mass is 10.1. The highest BCUT2D eigenvalue weighted by Crippen LogP contribution is 2.16. The molecule has 1 fully saturated rings. The number of thiophene rings is 1. The van der Waals surface area contributed by atoms with E-state index in [9.17, 15) is 9.90 Å². The van der Waals surface area contributed by atoms with Crippen LogP contribution in [0.15, 0.2) is 47.2 Å². The summed E-state index contributed by atoms with van der Waals surface area (Å²) in [5.41, 5.74) is 1.73. The van der Waals surface area contributed by atoms with Crippen molar-refractivity contribution in [3.05, 3.63) is 58.3 Å². The highest BCUT2D eigenvalue weighted by Gasteiger charge is 2.22. The number of hydrogen-bond acceptors (Lipinski definition) is 4. The monoisotopic (exact) mass is 330 g/mol. The van der Waals surface area contributed by atoms with Crippen LogP contribution in [0.25, 0.3) is 0 Å². The molecule has 23 heavy (non-hydrogen) atoms. The van der Waals surface area contributed by atoms with E-state index in [2.05, 4.69) is 4.90 Å². The SMILES string of the molecule is O=C(c1ccsc1)N1CCCN(C[C@@H](O)c2ccccc2)CC1. The van der Waals surface area contributed by atoms with E-state index < -0.39 is 6.10 Å². The molecule has 1 aliphatic heterocycles. The molecule has 0 bridgehead atoms. The summed E-state index contributed by atoms with van der Waals surface area (Å²) in [6, 6.07) is 11.6. The minimum atomic E-state index is -0.477. The van der Waals surface area contributed by atoms with Crippen molar-refractivity contribution in [3.63, 3.8) is 0 Å². The fourth-order valence-corrected chi connectivity index (χ4v) is 3.58. The summed E-state index contributed by atoms with van der Waals surface area (Å²) in [4.78, 5) is 16.6. The number of nitrogens with zero attached hydrogens (tertiary/aromatic N) is 2. The van der Waals surface area contributed by atoms with Crippen LogP contribution in [0.4, 0.5) is 0 Å². The molecule has 4 nitrogen and oxygen atoms in total. The van der Waals surface area contributed by atoms with Crippen LogP contribution in [0, 0.1) is 0 Å². The zero-order chi connectivity index (χ0) is 16.1. The van der Waals surface area contributed by atoms with Gasteiger partial charge in [0, 0.05) is 38.1 Å². The van der Waals surface area contributed by atoms with Crippen molar-refractivity contribution < 1.29 is 9.90 Å². The van der Waals surface area contributed by atoms with Gasteiger partial charge in [-0.3, -0.25) is 9.69 Å². The molecule has 1 aliphatic rings. The molecule has 1 aromatic heterocycles. The maximum atomic E-state index is 12.4. The molecule has 3 rings (SSSR count). The smallest absolute Gasteiger partial charge is 0.254 e. The van der Waals surface area contributed by atoms with E-state index >= 15 is 0 Å². The Morgan fingerprint density at radius 1 is 1.13 bits per heavy atom. The van der Waals surface area contributed by atoms with Crippen LogP contribution in [0.1, 0.15) is 28.4 Å². The number of β-amino-alcohol motifs (C(OH)–C–C–N with tert-alkyl or cyclic N) is 1. The summed E-state index contributed by atoms with van der Waals surface area (Å²) in [7, 11) is 0. The first-order valence-electron chi connectivity index (χ1n) is 8.01. The molecule has 0 unspecified atom stereocenters. The Balaban J connectivity index is 1.55. The zero-order valence-corrected chi connectivity index (χ0v) is 13.9. The third-order valence-corrected chi connectivity index (χ3v) is 4.94. The van der Waals surface area contributed by atoms with E-state index in [1.54, 1.807) is 11.3 Å². The highest BCUT2D eigenvalue weighted by molar-refractivity contribution is 7.08. The Labute approximate surface area is 141 Å². The molecule has 0 spiro atoms. The van der Waals surface area contributed by atoms with Gasteiger partial charge in [-0.15, -0.1) is 0 Å². The van der Waals surface area contributed by atoms with E-state index in [1.807, 2.05) is 52.1 Å². The summed E-state index contributed by atoms with van der Waals surface area (Å²) in [5, 5.41) is 14.2. The molecule has 1 aromatic carbocycles. The molecule has 2 heterocycles. The van der Waals surface area contributed by atoms with Crippen LogP contribution < -0.4 is 0 Å². The number of hydrogen-bond donors (Lipinski definition) is 1. The minimum Gasteiger partial charge on any atom is -0.387 e. The Morgan fingerprint density at radius 3 is 2.70 bits per heavy atom. The van der Waals surface area contributed by atoms with Crippen molar-refractivity contribution in [3.8, 4) is 0 Å². The van der Waals surface area contributed by atoms with Gasteiger partial charge in [-0.05, 0) is 23.4 Å². The van der Waals surface area contributed by atoms with Crippen LogP contribution in [0.3, 0.4) is 0 Å². The van der Waals surface area contributed by atoms with Crippen molar-refractivity contribution in [2.24, 2.45) is 0 Å². The lowest BCUT2D eigenvalue weighted by molar-refractivity contribution is 0.0755. The molecule has 1 amide bonds. The van der Waals surface area contributed by atoms with Gasteiger partial charge >= 0.3 is 0 Å². The molecule has 122 valence electrons. The van der Waals surface area contributed by atoms with Gasteiger partial charge in [0.25, 0.3) is 5.91 Å². The van der Waals surface area contributed by atoms with Gasteiger partial charge in [-0.2, -0.15) is 11.3 Å². The Morgan fingerprint density at radius 2 is 1.96 bits per heavy atom. The standard InChI is InChI=1S/C18H22N2O2S/c21-17(15-5-2-1-3-6-15)13-19-8-4-9-20(11-10-19)18(22)16-7-12-23-14-16/h1-3,5-7,12,14,17,21H,4,8-11,13H2/t17-/m1/s1. The molecule has 1 saturated heterocycles. The number of carbonyl (C=O) groups excluding carboxylic acids is 1. The number of rotatable bonds is 4. The van der Waals surface area contributed by atoms with Crippen molar-refractivity contribution >= 4 is 17.2 Å². The first-order chi connectivity index (χ1) is 11.2. The molecule has 0 saturated carbocycles. The van der Waals surface area contributed by atoms with Crippen molar-refractivity contribution in [2.75, 3.05) is 32.7 Å². The summed E-state index contributed by atoms with van der Waals surface area (Å²) >= 11 is 1.55. The quantitative estimate of drug-likeness (QED) is 0.937. The highest BCUT2D eigenvalue weighted by atomic mass is 32.1. The van der Waals surface area contributed by atoms with Gasteiger partial charge < -0.3 is 10.0 Å². The van der Waals surface area contributed by atoms with Crippen LogP contribution in [0.5, 0.6) is 0 Å². The average Bonchev–Trinajstić information content (AvgIpc) is 3.02. The molecule has 0 radical (unpaired) electrons. The van der Waals surface area contributed by atoms with Crippen LogP contribution in [0.2, 0.25) is 0 Å². The first-order valence-corrected chi connectivity index (χ1v) is 8.95. The molecule has 0 aliphatic carbocycles. The van der Waals surface area contributed by atoms with Crippen LogP contribution >= 0.6 is 11.3 Å². The predicted molar refractivity (Wildman–Crippen MR) is 92.7 cm³/mol. The van der Waals surface area contributed by atoms with E-state index in [0.29, 0.717) is 6.54 Å². The lowest BCUT2D eigenvalue weighted by Crippen LogP contribution is -2.36. The van der Waals surface area contributed by atoms with E-state index in [-0.39, 0.29) is 5.91 Å². The van der Waals surface area contributed by atoms with Crippen LogP contribution in [-0.4, -0.2) is 53.5 Å². The molecule has 1 N–H and O–H groups in total. The normalized spacial score (nSPS) is 17.7. The van der Waals surface area contributed by atoms with E-state index in [1.165, 1.54) is 0 Å². The predicted octanol–water partition coefficient (Wildman–Crippen LogP) is 2.63. The third-order valence-electron chi connectivity index (χ3n) is 4.26. The van der Waals surface area contributed by atoms with Gasteiger partial charge in [0.05, 0.1) is 11.7 Å². The molecule has 1 atom stereocenters. The fraction of sp³-hybridized carbons (Fsp3) is 0.389. The summed E-state index contributed by atoms with van der Waals surface area (Å²) in [6.07, 6.45) is 0.465. The van der Waals surface area contributed by atoms with Crippen molar-refractivity contribution in [2.45, 2.75) is 12.5 Å². The van der Waals surface area contributed by atoms with Gasteiger partial charge in [0.2, 0.25) is 0 Å². The summed E-state index contributed by atoms with van der Waals surface area (Å²) in [6.45, 7) is 3.84. The molecule has 5 heteroatoms. The van der Waals surface area contributed by atoms with Crippen molar-refractivity contribution in [1.29, 1.82) is 0 Å². The second kappa shape index (κ2) is 7.73. The van der Waals surface area contributed by atoms with Gasteiger partial charge in [0.15, 0.2) is 0 Å². The maximum absolute atomic E-state index is 12.4. The van der Waals surface area contributed by atoms with E-state index in [4.69, 9.17) is 0 Å². The van der Waals surface area contributed by atoms with Gasteiger partial charge in [-0.1, -0.05) is 30.3 Å². The Bertz CT molecular complexity index is 615. The third kappa shape index (κ3) is 4.19. The van der Waals surface area contributed by atoms with Gasteiger partial charge in [-0.25, -0.2) is 0 Å². The topological polar surface area (TPSA) is 43.8 Å². The van der Waals surface area contributed by atoms with Crippen LogP contribution in [-0.2, 0) is 0 Å². The molecular formula is C18H22N2O2S. The van der Waals surface area contributed by atoms with E-state index in [0.717, 1.165) is 43.7 Å². The van der Waals surface area contributed by atoms with Gasteiger partial charge in [0.1, 0.15) is 0 Å². The fourth-order valence-electron chi connectivity index (χ4n) is 2.95. The number of aliphatic hydroxyl groups excluding tert-OH is 1. The first kappa shape index (κ1) is 16.2. The number of carbonyl (C=O) groups is 1. The number of amides is 1. The second-order valence-electron chi connectivity index (χ2n) is 5.88.